The molecule has 0 aliphatic carbocycles. The number of aromatic nitrogens is 2. The van der Waals surface area contributed by atoms with Gasteiger partial charge >= 0.3 is 6.03 Å². The second kappa shape index (κ2) is 10.7. The highest BCUT2D eigenvalue weighted by atomic mass is 35.5. The summed E-state index contributed by atoms with van der Waals surface area (Å²) >= 11 is 12.8. The van der Waals surface area contributed by atoms with Gasteiger partial charge in [0.1, 0.15) is 22.7 Å². The van der Waals surface area contributed by atoms with Gasteiger partial charge in [0.05, 0.1) is 17.8 Å². The third kappa shape index (κ3) is 5.48. The van der Waals surface area contributed by atoms with Gasteiger partial charge in [-0.25, -0.2) is 23.1 Å². The number of amides is 2. The van der Waals surface area contributed by atoms with E-state index in [4.69, 9.17) is 27.9 Å². The maximum absolute atomic E-state index is 12.9. The molecule has 13 heteroatoms. The van der Waals surface area contributed by atoms with Crippen LogP contribution in [0, 0.1) is 6.92 Å². The quantitative estimate of drug-likeness (QED) is 0.299. The molecule has 0 bridgehead atoms. The van der Waals surface area contributed by atoms with E-state index in [1.165, 1.54) is 43.5 Å². The molecular formula is C24H21Cl2N5O5S. The van der Waals surface area contributed by atoms with E-state index in [-0.39, 0.29) is 16.5 Å². The van der Waals surface area contributed by atoms with Crippen LogP contribution in [0.3, 0.4) is 0 Å². The lowest BCUT2D eigenvalue weighted by Crippen LogP contribution is -2.35. The lowest BCUT2D eigenvalue weighted by Gasteiger charge is -2.24. The summed E-state index contributed by atoms with van der Waals surface area (Å²) in [6, 6.07) is 12.3. The van der Waals surface area contributed by atoms with E-state index >= 15 is 0 Å². The Morgan fingerprint density at radius 3 is 2.46 bits per heavy atom. The SMILES string of the molecule is CNC(=O)N(c1ccc(S(=O)(=O)Nc2ccon2)cn1)c1cc(Cl)c(-c2ccc(Cl)c(C)c2)cc1OC. The highest BCUT2D eigenvalue weighted by Gasteiger charge is 2.25. The lowest BCUT2D eigenvalue weighted by atomic mass is 10.0. The van der Waals surface area contributed by atoms with Gasteiger partial charge in [0.15, 0.2) is 5.82 Å². The topological polar surface area (TPSA) is 127 Å². The Labute approximate surface area is 223 Å². The van der Waals surface area contributed by atoms with Crippen LogP contribution in [0.15, 0.2) is 70.4 Å². The summed E-state index contributed by atoms with van der Waals surface area (Å²) in [6.07, 6.45) is 2.35. The highest BCUT2D eigenvalue weighted by Crippen LogP contribution is 2.41. The number of rotatable bonds is 7. The number of urea groups is 1. The Hall–Kier alpha value is -3.80. The minimum atomic E-state index is -3.99. The summed E-state index contributed by atoms with van der Waals surface area (Å²) in [4.78, 5) is 18.2. The molecule has 0 atom stereocenters. The first kappa shape index (κ1) is 26.3. The molecule has 2 aromatic carbocycles. The molecule has 2 N–H and O–H groups in total. The number of nitrogens with one attached hydrogen (secondary N) is 2. The standard InChI is InChI=1S/C24H21Cl2N5O5S/c1-14-10-15(4-6-18(14)25)17-11-21(35-3)20(12-19(17)26)31(24(32)27-2)23-7-5-16(13-28-23)37(33,34)30-22-8-9-36-29-22/h4-13H,1-3H3,(H,27,32)(H,29,30). The minimum Gasteiger partial charge on any atom is -0.495 e. The number of carbonyl (C=O) groups excluding carboxylic acids is 1. The lowest BCUT2D eigenvalue weighted by molar-refractivity contribution is 0.250. The number of ether oxygens (including phenoxy) is 1. The van der Waals surface area contributed by atoms with E-state index in [9.17, 15) is 13.2 Å². The fraction of sp³-hybridized carbons (Fsp3) is 0.125. The van der Waals surface area contributed by atoms with Gasteiger partial charge in [-0.05, 0) is 54.4 Å². The molecule has 0 fully saturated rings. The van der Waals surface area contributed by atoms with Crippen molar-refractivity contribution in [2.24, 2.45) is 0 Å². The van der Waals surface area contributed by atoms with Crippen LogP contribution < -0.4 is 19.7 Å². The molecule has 10 nitrogen and oxygen atoms in total. The van der Waals surface area contributed by atoms with Crippen LogP contribution in [-0.2, 0) is 10.0 Å². The van der Waals surface area contributed by atoms with Crippen molar-refractivity contribution in [1.29, 1.82) is 0 Å². The number of hydrogen-bond donors (Lipinski definition) is 2. The molecule has 0 aliphatic heterocycles. The molecule has 0 radical (unpaired) electrons. The number of halogens is 2. The van der Waals surface area contributed by atoms with E-state index in [2.05, 4.69) is 24.7 Å². The first-order chi connectivity index (χ1) is 17.6. The first-order valence-corrected chi connectivity index (χ1v) is 12.9. The molecule has 0 unspecified atom stereocenters. The largest absolute Gasteiger partial charge is 0.495 e. The molecule has 2 amide bonds. The van der Waals surface area contributed by atoms with Crippen molar-refractivity contribution >= 4 is 56.6 Å². The van der Waals surface area contributed by atoms with Crippen molar-refractivity contribution in [3.63, 3.8) is 0 Å². The normalized spacial score (nSPS) is 11.2. The zero-order valence-electron chi connectivity index (χ0n) is 19.8. The zero-order valence-corrected chi connectivity index (χ0v) is 22.1. The summed E-state index contributed by atoms with van der Waals surface area (Å²) < 4.78 is 37.8. The van der Waals surface area contributed by atoms with Crippen molar-refractivity contribution in [3.05, 3.63) is 76.6 Å². The minimum absolute atomic E-state index is 0.0198. The fourth-order valence-electron chi connectivity index (χ4n) is 3.49. The Balaban J connectivity index is 1.75. The maximum Gasteiger partial charge on any atom is 0.327 e. The van der Waals surface area contributed by atoms with Crippen LogP contribution in [0.1, 0.15) is 5.56 Å². The fourth-order valence-corrected chi connectivity index (χ4v) is 4.81. The molecule has 4 aromatic rings. The van der Waals surface area contributed by atoms with Gasteiger partial charge in [0.2, 0.25) is 0 Å². The summed E-state index contributed by atoms with van der Waals surface area (Å²) in [5, 5.41) is 7.06. The average Bonchev–Trinajstić information content (AvgIpc) is 3.38. The number of methoxy groups -OCH3 is 1. The van der Waals surface area contributed by atoms with Crippen LogP contribution in [0.5, 0.6) is 5.75 Å². The molecule has 0 aliphatic rings. The molecule has 37 heavy (non-hydrogen) atoms. The number of aryl methyl sites for hydroxylation is 1. The molecule has 192 valence electrons. The van der Waals surface area contributed by atoms with Gasteiger partial charge in [-0.15, -0.1) is 0 Å². The highest BCUT2D eigenvalue weighted by molar-refractivity contribution is 7.92. The van der Waals surface area contributed by atoms with E-state index in [1.807, 2.05) is 19.1 Å². The number of carbonyl (C=O) groups is 1. The predicted octanol–water partition coefficient (Wildman–Crippen LogP) is 5.64. The van der Waals surface area contributed by atoms with Crippen molar-refractivity contribution in [2.45, 2.75) is 11.8 Å². The van der Waals surface area contributed by atoms with Gasteiger partial charge in [-0.1, -0.05) is 34.4 Å². The van der Waals surface area contributed by atoms with Crippen LogP contribution in [-0.4, -0.2) is 38.7 Å². The molecule has 2 aromatic heterocycles. The van der Waals surface area contributed by atoms with Crippen molar-refractivity contribution < 1.29 is 22.5 Å². The van der Waals surface area contributed by atoms with Crippen LogP contribution in [0.25, 0.3) is 11.1 Å². The van der Waals surface area contributed by atoms with E-state index < -0.39 is 16.1 Å². The Morgan fingerprint density at radius 1 is 1.08 bits per heavy atom. The molecule has 4 rings (SSSR count). The van der Waals surface area contributed by atoms with Gasteiger partial charge in [-0.2, -0.15) is 0 Å². The number of nitrogens with zero attached hydrogens (tertiary/aromatic N) is 3. The average molecular weight is 562 g/mol. The van der Waals surface area contributed by atoms with E-state index in [0.29, 0.717) is 27.0 Å². The molecular weight excluding hydrogens is 541 g/mol. The molecule has 2 heterocycles. The van der Waals surface area contributed by atoms with E-state index in [0.717, 1.165) is 17.3 Å². The van der Waals surface area contributed by atoms with Gasteiger partial charge in [0.25, 0.3) is 10.0 Å². The Kier molecular flexibility index (Phi) is 7.58. The number of anilines is 3. The number of hydrogen-bond acceptors (Lipinski definition) is 7. The first-order valence-electron chi connectivity index (χ1n) is 10.7. The third-order valence-electron chi connectivity index (χ3n) is 5.33. The molecule has 0 saturated carbocycles. The van der Waals surface area contributed by atoms with Crippen LogP contribution in [0.4, 0.5) is 22.1 Å². The summed E-state index contributed by atoms with van der Waals surface area (Å²) in [5.41, 5.74) is 2.66. The van der Waals surface area contributed by atoms with E-state index in [1.54, 1.807) is 18.2 Å². The Bertz CT molecular complexity index is 1540. The monoisotopic (exact) mass is 561 g/mol. The predicted molar refractivity (Wildman–Crippen MR) is 141 cm³/mol. The van der Waals surface area contributed by atoms with Crippen molar-refractivity contribution in [2.75, 3.05) is 23.8 Å². The van der Waals surface area contributed by atoms with Crippen LogP contribution in [0.2, 0.25) is 10.0 Å². The second-order valence-corrected chi connectivity index (χ2v) is 10.2. The summed E-state index contributed by atoms with van der Waals surface area (Å²) in [5.74, 6) is 0.484. The zero-order chi connectivity index (χ0) is 26.7. The Morgan fingerprint density at radius 2 is 1.86 bits per heavy atom. The maximum atomic E-state index is 12.9. The second-order valence-electron chi connectivity index (χ2n) is 7.70. The molecule has 0 spiro atoms. The van der Waals surface area contributed by atoms with Gasteiger partial charge in [0, 0.05) is 29.9 Å². The van der Waals surface area contributed by atoms with Crippen molar-refractivity contribution in [3.8, 4) is 16.9 Å². The van der Waals surface area contributed by atoms with Gasteiger partial charge < -0.3 is 14.6 Å². The van der Waals surface area contributed by atoms with Crippen molar-refractivity contribution in [1.82, 2.24) is 15.5 Å². The summed E-state index contributed by atoms with van der Waals surface area (Å²) in [6.45, 7) is 1.88. The number of pyridine rings is 1. The van der Waals surface area contributed by atoms with Crippen LogP contribution >= 0.6 is 23.2 Å². The number of benzene rings is 2. The van der Waals surface area contributed by atoms with Gasteiger partial charge in [-0.3, -0.25) is 4.72 Å². The third-order valence-corrected chi connectivity index (χ3v) is 7.41. The molecule has 0 saturated heterocycles. The smallest absolute Gasteiger partial charge is 0.327 e. The number of sulfonamides is 1. The summed E-state index contributed by atoms with van der Waals surface area (Å²) in [7, 11) is -1.07.